The van der Waals surface area contributed by atoms with Crippen molar-refractivity contribution in [2.45, 2.75) is 26.7 Å². The van der Waals surface area contributed by atoms with E-state index >= 15 is 0 Å². The zero-order valence-electron chi connectivity index (χ0n) is 17.4. The molecule has 5 nitrogen and oxygen atoms in total. The summed E-state index contributed by atoms with van der Waals surface area (Å²) in [5.74, 6) is -0.609. The molecule has 0 aliphatic carbocycles. The average Bonchev–Trinajstić information content (AvgIpc) is 3.09. The van der Waals surface area contributed by atoms with Gasteiger partial charge in [-0.05, 0) is 43.6 Å². The van der Waals surface area contributed by atoms with Gasteiger partial charge in [0.05, 0.1) is 6.61 Å². The smallest absolute Gasteiger partial charge is 0.341 e. The number of hydrogen-bond acceptors (Lipinski definition) is 5. The Morgan fingerprint density at radius 1 is 1.03 bits per heavy atom. The molecule has 0 saturated carbocycles. The van der Waals surface area contributed by atoms with E-state index < -0.39 is 5.97 Å². The number of amides is 1. The van der Waals surface area contributed by atoms with Gasteiger partial charge in [-0.2, -0.15) is 0 Å². The van der Waals surface area contributed by atoms with Crippen molar-refractivity contribution in [3.8, 4) is 11.1 Å². The molecule has 0 fully saturated rings. The van der Waals surface area contributed by atoms with Crippen molar-refractivity contribution in [3.63, 3.8) is 0 Å². The van der Waals surface area contributed by atoms with Crippen molar-refractivity contribution < 1.29 is 14.3 Å². The Hall–Kier alpha value is -3.03. The second-order valence-corrected chi connectivity index (χ2v) is 8.44. The number of hydrogen-bond donors (Lipinski definition) is 2. The molecule has 1 aromatic heterocycles. The standard InChI is InChI=1S/C24H24N2O3S2/c1-3-29-23(28)21-20(18-12-8-5-9-13-18)16(2)31-22(21)26-24(30)25-19(27)15-14-17-10-6-4-7-11-17/h4-13H,3,14-15H2,1-2H3,(H2,25,26,27,30). The number of thiophene rings is 1. The van der Waals surface area contributed by atoms with Crippen LogP contribution in [0.5, 0.6) is 0 Å². The number of carbonyl (C=O) groups is 2. The van der Waals surface area contributed by atoms with Gasteiger partial charge in [-0.15, -0.1) is 11.3 Å². The Balaban J connectivity index is 1.75. The third kappa shape index (κ3) is 5.99. The van der Waals surface area contributed by atoms with Crippen LogP contribution in [-0.4, -0.2) is 23.6 Å². The summed E-state index contributed by atoms with van der Waals surface area (Å²) in [5.41, 5.74) is 3.24. The fraction of sp³-hybridized carbons (Fsp3) is 0.208. The second kappa shape index (κ2) is 10.8. The average molecular weight is 453 g/mol. The molecule has 3 rings (SSSR count). The molecular formula is C24H24N2O3S2. The lowest BCUT2D eigenvalue weighted by atomic mass is 10.0. The van der Waals surface area contributed by atoms with E-state index in [0.29, 0.717) is 23.4 Å². The molecule has 160 valence electrons. The lowest BCUT2D eigenvalue weighted by Gasteiger charge is -2.11. The van der Waals surface area contributed by atoms with Crippen molar-refractivity contribution in [1.29, 1.82) is 0 Å². The van der Waals surface area contributed by atoms with Gasteiger partial charge in [-0.25, -0.2) is 4.79 Å². The predicted octanol–water partition coefficient (Wildman–Crippen LogP) is 5.35. The SMILES string of the molecule is CCOC(=O)c1c(NC(=S)NC(=O)CCc2ccccc2)sc(C)c1-c1ccccc1. The van der Waals surface area contributed by atoms with E-state index in [1.807, 2.05) is 67.6 Å². The van der Waals surface area contributed by atoms with Gasteiger partial charge < -0.3 is 15.4 Å². The number of thiocarbonyl (C=S) groups is 1. The summed E-state index contributed by atoms with van der Waals surface area (Å²) >= 11 is 6.74. The van der Waals surface area contributed by atoms with Crippen LogP contribution < -0.4 is 10.6 Å². The normalized spacial score (nSPS) is 10.4. The van der Waals surface area contributed by atoms with Crippen LogP contribution in [0, 0.1) is 6.92 Å². The quantitative estimate of drug-likeness (QED) is 0.374. The number of esters is 1. The van der Waals surface area contributed by atoms with Gasteiger partial charge in [-0.1, -0.05) is 60.7 Å². The summed E-state index contributed by atoms with van der Waals surface area (Å²) < 4.78 is 5.29. The van der Waals surface area contributed by atoms with Gasteiger partial charge in [0.1, 0.15) is 10.6 Å². The van der Waals surface area contributed by atoms with Gasteiger partial charge in [0.25, 0.3) is 0 Å². The van der Waals surface area contributed by atoms with Gasteiger partial charge >= 0.3 is 5.97 Å². The zero-order valence-corrected chi connectivity index (χ0v) is 19.1. The molecule has 0 radical (unpaired) electrons. The van der Waals surface area contributed by atoms with Crippen LogP contribution in [0.1, 0.15) is 34.1 Å². The monoisotopic (exact) mass is 452 g/mol. The summed E-state index contributed by atoms with van der Waals surface area (Å²) in [6.07, 6.45) is 0.939. The molecule has 0 bridgehead atoms. The molecule has 0 spiro atoms. The molecule has 2 aromatic carbocycles. The minimum absolute atomic E-state index is 0.157. The van der Waals surface area contributed by atoms with E-state index in [9.17, 15) is 9.59 Å². The lowest BCUT2D eigenvalue weighted by Crippen LogP contribution is -2.34. The van der Waals surface area contributed by atoms with Gasteiger partial charge in [0.15, 0.2) is 5.11 Å². The number of carbonyl (C=O) groups excluding carboxylic acids is 2. The van der Waals surface area contributed by atoms with Crippen molar-refractivity contribution in [3.05, 3.63) is 76.7 Å². The Morgan fingerprint density at radius 3 is 2.32 bits per heavy atom. The van der Waals surface area contributed by atoms with Crippen LogP contribution in [0.3, 0.4) is 0 Å². The Bertz CT molecular complexity index is 1060. The maximum atomic E-state index is 12.7. The van der Waals surface area contributed by atoms with Crippen molar-refractivity contribution in [1.82, 2.24) is 5.32 Å². The molecular weight excluding hydrogens is 428 g/mol. The first-order valence-electron chi connectivity index (χ1n) is 10.00. The molecule has 0 aliphatic heterocycles. The number of rotatable bonds is 7. The summed E-state index contributed by atoms with van der Waals surface area (Å²) in [7, 11) is 0. The maximum Gasteiger partial charge on any atom is 0.341 e. The summed E-state index contributed by atoms with van der Waals surface area (Å²) in [6, 6.07) is 19.5. The number of anilines is 1. The summed E-state index contributed by atoms with van der Waals surface area (Å²) in [4.78, 5) is 26.0. The molecule has 1 amide bonds. The Kier molecular flexibility index (Phi) is 7.92. The highest BCUT2D eigenvalue weighted by molar-refractivity contribution is 7.80. The summed E-state index contributed by atoms with van der Waals surface area (Å²) in [5, 5.41) is 6.44. The second-order valence-electron chi connectivity index (χ2n) is 6.81. The number of aryl methyl sites for hydroxylation is 2. The minimum atomic E-state index is -0.425. The van der Waals surface area contributed by atoms with Gasteiger partial charge in [0.2, 0.25) is 5.91 Å². The highest BCUT2D eigenvalue weighted by Gasteiger charge is 2.25. The van der Waals surface area contributed by atoms with Crippen molar-refractivity contribution >= 4 is 45.5 Å². The highest BCUT2D eigenvalue weighted by Crippen LogP contribution is 2.40. The highest BCUT2D eigenvalue weighted by atomic mass is 32.1. The van der Waals surface area contributed by atoms with E-state index in [1.54, 1.807) is 6.92 Å². The van der Waals surface area contributed by atoms with Crippen molar-refractivity contribution in [2.24, 2.45) is 0 Å². The topological polar surface area (TPSA) is 67.4 Å². The minimum Gasteiger partial charge on any atom is -0.462 e. The van der Waals surface area contributed by atoms with Crippen LogP contribution in [0.2, 0.25) is 0 Å². The first-order chi connectivity index (χ1) is 15.0. The molecule has 0 saturated heterocycles. The fourth-order valence-electron chi connectivity index (χ4n) is 3.21. The van der Waals surface area contributed by atoms with E-state index in [0.717, 1.165) is 21.6 Å². The molecule has 0 unspecified atom stereocenters. The van der Waals surface area contributed by atoms with E-state index in [-0.39, 0.29) is 17.6 Å². The van der Waals surface area contributed by atoms with Crippen LogP contribution in [0.15, 0.2) is 60.7 Å². The predicted molar refractivity (Wildman–Crippen MR) is 130 cm³/mol. The van der Waals surface area contributed by atoms with Gasteiger partial charge in [0, 0.05) is 16.9 Å². The van der Waals surface area contributed by atoms with Crippen LogP contribution in [-0.2, 0) is 16.0 Å². The number of ether oxygens (including phenoxy) is 1. The molecule has 2 N–H and O–H groups in total. The fourth-order valence-corrected chi connectivity index (χ4v) is 4.56. The van der Waals surface area contributed by atoms with Gasteiger partial charge in [-0.3, -0.25) is 4.79 Å². The van der Waals surface area contributed by atoms with E-state index in [2.05, 4.69) is 10.6 Å². The first-order valence-corrected chi connectivity index (χ1v) is 11.2. The third-order valence-electron chi connectivity index (χ3n) is 4.59. The van der Waals surface area contributed by atoms with E-state index in [1.165, 1.54) is 11.3 Å². The molecule has 7 heteroatoms. The maximum absolute atomic E-state index is 12.7. The van der Waals surface area contributed by atoms with E-state index in [4.69, 9.17) is 17.0 Å². The Labute approximate surface area is 191 Å². The molecule has 3 aromatic rings. The van der Waals surface area contributed by atoms with Crippen LogP contribution in [0.25, 0.3) is 11.1 Å². The van der Waals surface area contributed by atoms with Crippen LogP contribution in [0.4, 0.5) is 5.00 Å². The number of benzene rings is 2. The largest absolute Gasteiger partial charge is 0.462 e. The molecule has 0 aliphatic rings. The molecule has 0 atom stereocenters. The summed E-state index contributed by atoms with van der Waals surface area (Å²) in [6.45, 7) is 3.98. The number of nitrogens with one attached hydrogen (secondary N) is 2. The third-order valence-corrected chi connectivity index (χ3v) is 5.81. The lowest BCUT2D eigenvalue weighted by molar-refractivity contribution is -0.119. The molecule has 31 heavy (non-hydrogen) atoms. The zero-order chi connectivity index (χ0) is 22.2. The van der Waals surface area contributed by atoms with Crippen molar-refractivity contribution in [2.75, 3.05) is 11.9 Å². The Morgan fingerprint density at radius 2 is 1.68 bits per heavy atom. The van der Waals surface area contributed by atoms with Crippen LogP contribution >= 0.6 is 23.6 Å². The molecule has 1 heterocycles. The first kappa shape index (κ1) is 22.7.